The molecule has 0 unspecified atom stereocenters. The van der Waals surface area contributed by atoms with Crippen LogP contribution in [0.5, 0.6) is 0 Å². The number of carbonyl (C=O) groups is 1. The summed E-state index contributed by atoms with van der Waals surface area (Å²) in [7, 11) is -3.53. The molecule has 1 saturated heterocycles. The number of anilines is 1. The molecule has 1 N–H and O–H groups in total. The van der Waals surface area contributed by atoms with E-state index in [1.807, 2.05) is 12.1 Å². The van der Waals surface area contributed by atoms with Gasteiger partial charge in [0.15, 0.2) is 0 Å². The molecular formula is C27H30ClN3O4S. The first-order valence-electron chi connectivity index (χ1n) is 11.8. The molecule has 0 atom stereocenters. The molecule has 3 aromatic rings. The molecule has 7 nitrogen and oxygen atoms in total. The molecule has 190 valence electrons. The average molecular weight is 528 g/mol. The smallest absolute Gasteiger partial charge is 0.251 e. The van der Waals surface area contributed by atoms with Crippen LogP contribution in [-0.2, 0) is 34.4 Å². The van der Waals surface area contributed by atoms with Gasteiger partial charge in [-0.25, -0.2) is 8.42 Å². The molecule has 0 radical (unpaired) electrons. The summed E-state index contributed by atoms with van der Waals surface area (Å²) in [5.41, 5.74) is 4.01. The maximum absolute atomic E-state index is 12.7. The van der Waals surface area contributed by atoms with Gasteiger partial charge in [-0.2, -0.15) is 0 Å². The van der Waals surface area contributed by atoms with Gasteiger partial charge in [-0.1, -0.05) is 54.1 Å². The number of nitrogens with zero attached hydrogens (tertiary/aromatic N) is 2. The molecule has 0 spiro atoms. The molecule has 3 aromatic carbocycles. The van der Waals surface area contributed by atoms with Crippen molar-refractivity contribution in [3.05, 3.63) is 100 Å². The summed E-state index contributed by atoms with van der Waals surface area (Å²) < 4.78 is 31.5. The third-order valence-electron chi connectivity index (χ3n) is 5.99. The number of rotatable bonds is 9. The largest absolute Gasteiger partial charge is 0.379 e. The van der Waals surface area contributed by atoms with Gasteiger partial charge in [-0.05, 0) is 47.0 Å². The number of ether oxygens (including phenoxy) is 1. The van der Waals surface area contributed by atoms with Gasteiger partial charge in [0.2, 0.25) is 10.0 Å². The number of benzene rings is 3. The number of carbonyl (C=O) groups excluding carboxylic acids is 1. The summed E-state index contributed by atoms with van der Waals surface area (Å²) in [6.45, 7) is 4.82. The van der Waals surface area contributed by atoms with Crippen molar-refractivity contribution >= 4 is 33.2 Å². The molecule has 36 heavy (non-hydrogen) atoms. The summed E-state index contributed by atoms with van der Waals surface area (Å²) in [5.74, 6) is -0.185. The van der Waals surface area contributed by atoms with Gasteiger partial charge in [0.1, 0.15) is 0 Å². The third kappa shape index (κ3) is 7.30. The number of hydrogen-bond acceptors (Lipinski definition) is 5. The van der Waals surface area contributed by atoms with E-state index in [-0.39, 0.29) is 12.5 Å². The van der Waals surface area contributed by atoms with Gasteiger partial charge in [0, 0.05) is 36.8 Å². The summed E-state index contributed by atoms with van der Waals surface area (Å²) >= 11 is 6.05. The standard InChI is InChI=1S/C27H30ClN3O4S/c1-36(33,34)31(26-7-3-6-25(28)17-26)20-21-8-10-24(11-9-21)27(32)29-18-22-4-2-5-23(16-22)19-30-12-14-35-15-13-30/h2-11,16-17H,12-15,18-20H2,1H3,(H,29,32). The monoisotopic (exact) mass is 527 g/mol. The lowest BCUT2D eigenvalue weighted by atomic mass is 10.1. The summed E-state index contributed by atoms with van der Waals surface area (Å²) in [6, 6.07) is 21.9. The van der Waals surface area contributed by atoms with E-state index in [1.165, 1.54) is 9.87 Å². The number of amides is 1. The van der Waals surface area contributed by atoms with E-state index in [0.717, 1.165) is 50.2 Å². The van der Waals surface area contributed by atoms with Crippen molar-refractivity contribution in [2.24, 2.45) is 0 Å². The molecule has 0 bridgehead atoms. The second-order valence-electron chi connectivity index (χ2n) is 8.84. The Kier molecular flexibility index (Phi) is 8.64. The third-order valence-corrected chi connectivity index (χ3v) is 7.37. The Bertz CT molecular complexity index is 1290. The van der Waals surface area contributed by atoms with Gasteiger partial charge in [-0.15, -0.1) is 0 Å². The van der Waals surface area contributed by atoms with E-state index in [0.29, 0.717) is 22.8 Å². The highest BCUT2D eigenvalue weighted by Crippen LogP contribution is 2.24. The van der Waals surface area contributed by atoms with Crippen molar-refractivity contribution in [2.45, 2.75) is 19.6 Å². The Labute approximate surface area is 217 Å². The van der Waals surface area contributed by atoms with Gasteiger partial charge in [0.25, 0.3) is 5.91 Å². The quantitative estimate of drug-likeness (QED) is 0.454. The first kappa shape index (κ1) is 26.2. The lowest BCUT2D eigenvalue weighted by Crippen LogP contribution is -2.35. The normalized spacial score (nSPS) is 14.4. The highest BCUT2D eigenvalue weighted by Gasteiger charge is 2.18. The Morgan fingerprint density at radius 2 is 1.67 bits per heavy atom. The predicted octanol–water partition coefficient (Wildman–Crippen LogP) is 4.07. The van der Waals surface area contributed by atoms with Crippen molar-refractivity contribution in [2.75, 3.05) is 36.9 Å². The van der Waals surface area contributed by atoms with Crippen molar-refractivity contribution in [3.63, 3.8) is 0 Å². The Hall–Kier alpha value is -2.91. The molecule has 1 fully saturated rings. The highest BCUT2D eigenvalue weighted by atomic mass is 35.5. The highest BCUT2D eigenvalue weighted by molar-refractivity contribution is 7.92. The molecule has 1 aliphatic heterocycles. The van der Waals surface area contributed by atoms with Crippen LogP contribution in [0.2, 0.25) is 5.02 Å². The maximum Gasteiger partial charge on any atom is 0.251 e. The van der Waals surface area contributed by atoms with E-state index in [4.69, 9.17) is 16.3 Å². The fourth-order valence-electron chi connectivity index (χ4n) is 4.10. The molecule has 0 saturated carbocycles. The van der Waals surface area contributed by atoms with Crippen LogP contribution in [0.15, 0.2) is 72.8 Å². The SMILES string of the molecule is CS(=O)(=O)N(Cc1ccc(C(=O)NCc2cccc(CN3CCOCC3)c2)cc1)c1cccc(Cl)c1. The zero-order chi connectivity index (χ0) is 25.5. The van der Waals surface area contributed by atoms with E-state index < -0.39 is 10.0 Å². The molecular weight excluding hydrogens is 498 g/mol. The molecule has 9 heteroatoms. The summed E-state index contributed by atoms with van der Waals surface area (Å²) in [6.07, 6.45) is 1.16. The lowest BCUT2D eigenvalue weighted by Gasteiger charge is -2.26. The minimum Gasteiger partial charge on any atom is -0.379 e. The van der Waals surface area contributed by atoms with Crippen LogP contribution in [0.4, 0.5) is 5.69 Å². The zero-order valence-corrected chi connectivity index (χ0v) is 21.8. The van der Waals surface area contributed by atoms with Crippen LogP contribution in [-0.4, -0.2) is 51.8 Å². The second kappa shape index (κ2) is 11.9. The van der Waals surface area contributed by atoms with Gasteiger partial charge in [-0.3, -0.25) is 14.0 Å². The van der Waals surface area contributed by atoms with E-state index >= 15 is 0 Å². The Morgan fingerprint density at radius 1 is 0.972 bits per heavy atom. The van der Waals surface area contributed by atoms with Gasteiger partial charge < -0.3 is 10.1 Å². The van der Waals surface area contributed by atoms with Gasteiger partial charge >= 0.3 is 0 Å². The van der Waals surface area contributed by atoms with Crippen molar-refractivity contribution in [3.8, 4) is 0 Å². The number of nitrogens with one attached hydrogen (secondary N) is 1. The zero-order valence-electron chi connectivity index (χ0n) is 20.2. The van der Waals surface area contributed by atoms with Crippen LogP contribution >= 0.6 is 11.6 Å². The van der Waals surface area contributed by atoms with Crippen LogP contribution in [0, 0.1) is 0 Å². The fraction of sp³-hybridized carbons (Fsp3) is 0.296. The number of hydrogen-bond donors (Lipinski definition) is 1. The van der Waals surface area contributed by atoms with Crippen molar-refractivity contribution < 1.29 is 17.9 Å². The lowest BCUT2D eigenvalue weighted by molar-refractivity contribution is 0.0342. The Balaban J connectivity index is 1.36. The van der Waals surface area contributed by atoms with Crippen LogP contribution in [0.25, 0.3) is 0 Å². The minimum absolute atomic E-state index is 0.136. The molecule has 0 aliphatic carbocycles. The minimum atomic E-state index is -3.53. The molecule has 1 heterocycles. The predicted molar refractivity (Wildman–Crippen MR) is 143 cm³/mol. The molecule has 1 aliphatic rings. The first-order valence-corrected chi connectivity index (χ1v) is 14.0. The molecule has 0 aromatic heterocycles. The van der Waals surface area contributed by atoms with Crippen LogP contribution in [0.3, 0.4) is 0 Å². The number of halogens is 1. The van der Waals surface area contributed by atoms with Gasteiger partial charge in [0.05, 0.1) is 31.7 Å². The molecule has 1 amide bonds. The van der Waals surface area contributed by atoms with Crippen LogP contribution in [0.1, 0.15) is 27.0 Å². The first-order chi connectivity index (χ1) is 17.3. The van der Waals surface area contributed by atoms with E-state index in [2.05, 4.69) is 22.3 Å². The van der Waals surface area contributed by atoms with Crippen molar-refractivity contribution in [1.82, 2.24) is 10.2 Å². The van der Waals surface area contributed by atoms with Crippen LogP contribution < -0.4 is 9.62 Å². The number of morpholine rings is 1. The summed E-state index contributed by atoms with van der Waals surface area (Å²) in [5, 5.41) is 3.43. The maximum atomic E-state index is 12.7. The average Bonchev–Trinajstić information content (AvgIpc) is 2.86. The van der Waals surface area contributed by atoms with E-state index in [9.17, 15) is 13.2 Å². The van der Waals surface area contributed by atoms with E-state index in [1.54, 1.807) is 48.5 Å². The number of sulfonamides is 1. The van der Waals surface area contributed by atoms with Crippen molar-refractivity contribution in [1.29, 1.82) is 0 Å². The Morgan fingerprint density at radius 3 is 2.36 bits per heavy atom. The topological polar surface area (TPSA) is 79.0 Å². The summed E-state index contributed by atoms with van der Waals surface area (Å²) in [4.78, 5) is 15.1. The molecule has 4 rings (SSSR count). The fourth-order valence-corrected chi connectivity index (χ4v) is 5.16. The second-order valence-corrected chi connectivity index (χ2v) is 11.2.